The fourth-order valence-corrected chi connectivity index (χ4v) is 4.84. The second-order valence-corrected chi connectivity index (χ2v) is 5.52. The van der Waals surface area contributed by atoms with Crippen LogP contribution >= 0.6 is 0 Å². The van der Waals surface area contributed by atoms with Gasteiger partial charge in [0.05, 0.1) is 5.60 Å². The van der Waals surface area contributed by atoms with E-state index in [2.05, 4.69) is 12.2 Å². The first-order valence-electron chi connectivity index (χ1n) is 6.24. The Morgan fingerprint density at radius 1 is 0.941 bits per heavy atom. The number of fused-ring (bicyclic) bond motifs is 4. The molecule has 2 saturated carbocycles. The van der Waals surface area contributed by atoms with Crippen LogP contribution in [0.25, 0.3) is 0 Å². The minimum Gasteiger partial charge on any atom is -0.377 e. The van der Waals surface area contributed by atoms with Gasteiger partial charge in [0, 0.05) is 50.9 Å². The lowest BCUT2D eigenvalue weighted by Crippen LogP contribution is -2.32. The van der Waals surface area contributed by atoms with Crippen molar-refractivity contribution in [1.29, 1.82) is 0 Å². The monoisotopic (exact) mass is 238 g/mol. The molecule has 8 atom stereocenters. The Morgan fingerprint density at radius 3 is 2.24 bits per heavy atom. The van der Waals surface area contributed by atoms with Gasteiger partial charge in [-0.05, 0) is 0 Å². The van der Waals surface area contributed by atoms with Crippen LogP contribution in [0.2, 0.25) is 0 Å². The van der Waals surface area contributed by atoms with Crippen LogP contribution in [0.15, 0.2) is 12.2 Å². The van der Waals surface area contributed by atoms with E-state index in [1.165, 1.54) is 0 Å². The van der Waals surface area contributed by atoms with E-state index in [1.54, 1.807) is 14.2 Å². The van der Waals surface area contributed by atoms with Crippen molar-refractivity contribution in [3.8, 4) is 0 Å². The van der Waals surface area contributed by atoms with Crippen LogP contribution < -0.4 is 0 Å². The lowest BCUT2D eigenvalue weighted by Gasteiger charge is -2.25. The molecule has 0 spiro atoms. The highest BCUT2D eigenvalue weighted by molar-refractivity contribution is 5.40. The van der Waals surface area contributed by atoms with E-state index in [9.17, 15) is 0 Å². The van der Waals surface area contributed by atoms with Crippen molar-refractivity contribution in [2.45, 2.75) is 18.2 Å². The van der Waals surface area contributed by atoms with E-state index in [4.69, 9.17) is 18.9 Å². The van der Waals surface area contributed by atoms with Crippen LogP contribution in [0.4, 0.5) is 0 Å². The van der Waals surface area contributed by atoms with E-state index in [0.717, 1.165) is 0 Å². The molecule has 1 heterocycles. The van der Waals surface area contributed by atoms with Gasteiger partial charge < -0.3 is 18.9 Å². The minimum atomic E-state index is -0.154. The minimum absolute atomic E-state index is 0.0344. The Kier molecular flexibility index (Phi) is 1.93. The standard InChI is InChI=1S/C13H18O4/c1-14-11-8-6-4-5-7-10(13(6,7)16-3)9(8)12(15-2)17-11/h4-12H,1-3H3/t6-,7+,8+,9+,10+,11-,12+,13+/m1/s1. The maximum absolute atomic E-state index is 5.85. The van der Waals surface area contributed by atoms with E-state index < -0.39 is 0 Å². The van der Waals surface area contributed by atoms with Crippen molar-refractivity contribution >= 4 is 0 Å². The van der Waals surface area contributed by atoms with Gasteiger partial charge in [-0.1, -0.05) is 12.2 Å². The first-order valence-corrected chi connectivity index (χ1v) is 6.24. The summed E-state index contributed by atoms with van der Waals surface area (Å²) in [6.07, 6.45) is 4.32. The van der Waals surface area contributed by atoms with Crippen molar-refractivity contribution < 1.29 is 18.9 Å². The maximum Gasteiger partial charge on any atom is 0.164 e. The predicted octanol–water partition coefficient (Wildman–Crippen LogP) is 1.02. The zero-order valence-electron chi connectivity index (χ0n) is 10.3. The van der Waals surface area contributed by atoms with E-state index >= 15 is 0 Å². The number of rotatable bonds is 3. The van der Waals surface area contributed by atoms with Gasteiger partial charge >= 0.3 is 0 Å². The summed E-state index contributed by atoms with van der Waals surface area (Å²) in [5, 5.41) is 0. The summed E-state index contributed by atoms with van der Waals surface area (Å²) in [5.41, 5.74) is 0.0344. The van der Waals surface area contributed by atoms with Crippen molar-refractivity contribution in [3.05, 3.63) is 12.2 Å². The second-order valence-electron chi connectivity index (χ2n) is 5.52. The summed E-state index contributed by atoms with van der Waals surface area (Å²) in [6, 6.07) is 0. The quantitative estimate of drug-likeness (QED) is 0.688. The van der Waals surface area contributed by atoms with Gasteiger partial charge in [-0.3, -0.25) is 0 Å². The molecule has 4 heteroatoms. The van der Waals surface area contributed by atoms with Crippen molar-refractivity contribution in [3.63, 3.8) is 0 Å². The van der Waals surface area contributed by atoms with Crippen LogP contribution in [0.3, 0.4) is 0 Å². The van der Waals surface area contributed by atoms with Crippen LogP contribution in [0.1, 0.15) is 0 Å². The van der Waals surface area contributed by atoms with Crippen molar-refractivity contribution in [2.24, 2.45) is 29.6 Å². The largest absolute Gasteiger partial charge is 0.377 e. The third kappa shape index (κ3) is 0.930. The molecule has 94 valence electrons. The molecule has 4 nitrogen and oxygen atoms in total. The molecule has 3 aliphatic carbocycles. The van der Waals surface area contributed by atoms with E-state index in [-0.39, 0.29) is 18.2 Å². The van der Waals surface area contributed by atoms with Crippen molar-refractivity contribution in [2.75, 3.05) is 21.3 Å². The molecular formula is C13H18O4. The molecule has 3 fully saturated rings. The Morgan fingerprint density at radius 2 is 1.59 bits per heavy atom. The summed E-state index contributed by atoms with van der Waals surface area (Å²) in [6.45, 7) is 0. The normalized spacial score (nSPS) is 61.7. The summed E-state index contributed by atoms with van der Waals surface area (Å²) >= 11 is 0. The van der Waals surface area contributed by atoms with Gasteiger partial charge in [0.25, 0.3) is 0 Å². The summed E-state index contributed by atoms with van der Waals surface area (Å²) in [5.74, 6) is 2.34. The zero-order valence-corrected chi connectivity index (χ0v) is 10.3. The lowest BCUT2D eigenvalue weighted by atomic mass is 9.85. The summed E-state index contributed by atoms with van der Waals surface area (Å²) in [7, 11) is 5.25. The fourth-order valence-electron chi connectivity index (χ4n) is 4.84. The summed E-state index contributed by atoms with van der Waals surface area (Å²) in [4.78, 5) is 0. The smallest absolute Gasteiger partial charge is 0.164 e. The average Bonchev–Trinajstić information content (AvgIpc) is 2.64. The maximum atomic E-state index is 5.85. The highest BCUT2D eigenvalue weighted by Gasteiger charge is 2.83. The fraction of sp³-hybridized carbons (Fsp3) is 0.846. The molecule has 0 bridgehead atoms. The highest BCUT2D eigenvalue weighted by Crippen LogP contribution is 2.76. The molecule has 0 aromatic heterocycles. The average molecular weight is 238 g/mol. The molecule has 4 aliphatic rings. The van der Waals surface area contributed by atoms with Crippen molar-refractivity contribution in [1.82, 2.24) is 0 Å². The molecule has 1 aliphatic heterocycles. The second kappa shape index (κ2) is 3.12. The van der Waals surface area contributed by atoms with E-state index in [0.29, 0.717) is 29.6 Å². The summed E-state index contributed by atoms with van der Waals surface area (Å²) < 4.78 is 22.6. The van der Waals surface area contributed by atoms with Crippen LogP contribution in [0.5, 0.6) is 0 Å². The Bertz CT molecular complexity index is 382. The lowest BCUT2D eigenvalue weighted by molar-refractivity contribution is -0.205. The zero-order chi connectivity index (χ0) is 11.8. The third-order valence-electron chi connectivity index (χ3n) is 5.36. The Balaban J connectivity index is 1.74. The van der Waals surface area contributed by atoms with E-state index in [1.807, 2.05) is 7.11 Å². The highest BCUT2D eigenvalue weighted by atomic mass is 16.8. The Hall–Kier alpha value is -0.420. The molecule has 0 N–H and O–H groups in total. The number of methoxy groups -OCH3 is 3. The number of ether oxygens (including phenoxy) is 4. The molecule has 4 rings (SSSR count). The van der Waals surface area contributed by atoms with Gasteiger partial charge in [-0.2, -0.15) is 0 Å². The topological polar surface area (TPSA) is 36.9 Å². The first-order chi connectivity index (χ1) is 8.29. The molecule has 0 amide bonds. The number of hydrogen-bond donors (Lipinski definition) is 0. The predicted molar refractivity (Wildman–Crippen MR) is 59.0 cm³/mol. The molecule has 0 aromatic rings. The van der Waals surface area contributed by atoms with Crippen LogP contribution in [0, 0.1) is 29.6 Å². The molecule has 0 radical (unpaired) electrons. The third-order valence-corrected chi connectivity index (χ3v) is 5.36. The van der Waals surface area contributed by atoms with Crippen LogP contribution in [-0.2, 0) is 18.9 Å². The van der Waals surface area contributed by atoms with Crippen LogP contribution in [-0.4, -0.2) is 39.5 Å². The molecular weight excluding hydrogens is 220 g/mol. The van der Waals surface area contributed by atoms with Gasteiger partial charge in [0.2, 0.25) is 0 Å². The van der Waals surface area contributed by atoms with Gasteiger partial charge in [-0.15, -0.1) is 0 Å². The molecule has 1 saturated heterocycles. The number of hydrogen-bond acceptors (Lipinski definition) is 4. The molecule has 0 aromatic carbocycles. The molecule has 0 unspecified atom stereocenters. The van der Waals surface area contributed by atoms with Gasteiger partial charge in [-0.25, -0.2) is 0 Å². The first kappa shape index (κ1) is 10.5. The van der Waals surface area contributed by atoms with Gasteiger partial charge in [0.1, 0.15) is 0 Å². The van der Waals surface area contributed by atoms with Gasteiger partial charge in [0.15, 0.2) is 12.6 Å². The Labute approximate surface area is 101 Å². The SMILES string of the molecule is CO[C@@H]1O[C@H](OC)[C@H]2[C@@H]1[C@H]1C=C[C@H]3[C@@H]2[C@]13OC. The molecule has 17 heavy (non-hydrogen) atoms.